The average molecular weight is 416 g/mol. The molecule has 8 heteroatoms. The van der Waals surface area contributed by atoms with E-state index in [1.165, 1.54) is 5.56 Å². The molecule has 1 aliphatic rings. The Kier molecular flexibility index (Phi) is 7.96. The maximum atomic E-state index is 5.94. The number of morpholine rings is 1. The van der Waals surface area contributed by atoms with Crippen molar-refractivity contribution < 1.29 is 14.2 Å². The third kappa shape index (κ3) is 5.66. The lowest BCUT2D eigenvalue weighted by molar-refractivity contribution is -0.00800. The van der Waals surface area contributed by atoms with Gasteiger partial charge in [-0.05, 0) is 38.0 Å². The van der Waals surface area contributed by atoms with Crippen LogP contribution in [0.4, 0.5) is 0 Å². The molecule has 0 saturated carbocycles. The summed E-state index contributed by atoms with van der Waals surface area (Å²) in [4.78, 5) is 6.71. The van der Waals surface area contributed by atoms with Gasteiger partial charge in [-0.15, -0.1) is 0 Å². The highest BCUT2D eigenvalue weighted by Gasteiger charge is 2.25. The lowest BCUT2D eigenvalue weighted by atomic mass is 10.1. The van der Waals surface area contributed by atoms with Gasteiger partial charge >= 0.3 is 0 Å². The van der Waals surface area contributed by atoms with Gasteiger partial charge in [-0.25, -0.2) is 0 Å². The minimum atomic E-state index is 0.00543. The van der Waals surface area contributed by atoms with Crippen molar-refractivity contribution in [1.82, 2.24) is 20.0 Å². The van der Waals surface area contributed by atoms with Crippen LogP contribution in [0.15, 0.2) is 35.6 Å². The van der Waals surface area contributed by atoms with Crippen molar-refractivity contribution in [1.29, 1.82) is 0 Å². The average Bonchev–Trinajstić information content (AvgIpc) is 3.20. The smallest absolute Gasteiger partial charge is 0.193 e. The highest BCUT2D eigenvalue weighted by atomic mass is 16.5. The second-order valence-electron chi connectivity index (χ2n) is 7.12. The van der Waals surface area contributed by atoms with Gasteiger partial charge in [0.2, 0.25) is 0 Å². The summed E-state index contributed by atoms with van der Waals surface area (Å²) in [6.07, 6.45) is 4.74. The second kappa shape index (κ2) is 10.9. The number of aryl methyl sites for hydroxylation is 1. The van der Waals surface area contributed by atoms with Gasteiger partial charge in [0.05, 0.1) is 32.6 Å². The number of nitrogens with zero attached hydrogens (tertiary/aromatic N) is 4. The summed E-state index contributed by atoms with van der Waals surface area (Å²) in [5, 5.41) is 7.74. The fourth-order valence-electron chi connectivity index (χ4n) is 3.55. The predicted molar refractivity (Wildman–Crippen MR) is 117 cm³/mol. The van der Waals surface area contributed by atoms with Crippen LogP contribution in [0, 0.1) is 0 Å². The third-order valence-electron chi connectivity index (χ3n) is 4.98. The first kappa shape index (κ1) is 22.0. The van der Waals surface area contributed by atoms with Crippen molar-refractivity contribution in [2.45, 2.75) is 26.4 Å². The summed E-state index contributed by atoms with van der Waals surface area (Å²) in [6, 6.07) is 6.14. The largest absolute Gasteiger partial charge is 0.490 e. The quantitative estimate of drug-likeness (QED) is 0.527. The summed E-state index contributed by atoms with van der Waals surface area (Å²) in [5.74, 6) is 2.48. The molecule has 8 nitrogen and oxygen atoms in total. The summed E-state index contributed by atoms with van der Waals surface area (Å²) < 4.78 is 19.1. The summed E-state index contributed by atoms with van der Waals surface area (Å²) >= 11 is 0. The molecule has 0 aliphatic carbocycles. The summed E-state index contributed by atoms with van der Waals surface area (Å²) in [7, 11) is 3.74. The van der Waals surface area contributed by atoms with E-state index in [1.807, 2.05) is 46.4 Å². The normalized spacial score (nSPS) is 17.1. The molecule has 0 bridgehead atoms. The molecule has 2 aromatic rings. The molecule has 1 saturated heterocycles. The molecule has 1 atom stereocenters. The first-order valence-electron chi connectivity index (χ1n) is 10.6. The first-order chi connectivity index (χ1) is 14.6. The van der Waals surface area contributed by atoms with E-state index in [9.17, 15) is 0 Å². The van der Waals surface area contributed by atoms with Crippen LogP contribution in [-0.2, 0) is 18.2 Å². The van der Waals surface area contributed by atoms with E-state index in [0.29, 0.717) is 19.8 Å². The Morgan fingerprint density at radius 3 is 2.77 bits per heavy atom. The number of ether oxygens (including phenoxy) is 3. The Bertz CT molecular complexity index is 836. The molecule has 1 aromatic heterocycles. The van der Waals surface area contributed by atoms with Crippen molar-refractivity contribution in [3.05, 3.63) is 41.7 Å². The van der Waals surface area contributed by atoms with Crippen molar-refractivity contribution in [3.8, 4) is 11.5 Å². The highest BCUT2D eigenvalue weighted by Crippen LogP contribution is 2.28. The Hall–Kier alpha value is -2.74. The van der Waals surface area contributed by atoms with Gasteiger partial charge in [-0.1, -0.05) is 6.07 Å². The van der Waals surface area contributed by atoms with Gasteiger partial charge in [0.1, 0.15) is 6.10 Å². The maximum absolute atomic E-state index is 5.94. The molecule has 0 amide bonds. The van der Waals surface area contributed by atoms with E-state index in [-0.39, 0.29) is 6.10 Å². The molecule has 1 aliphatic heterocycles. The molecule has 1 fully saturated rings. The van der Waals surface area contributed by atoms with Gasteiger partial charge in [0, 0.05) is 38.9 Å². The molecule has 0 spiro atoms. The van der Waals surface area contributed by atoms with E-state index in [1.54, 1.807) is 4.68 Å². The summed E-state index contributed by atoms with van der Waals surface area (Å²) in [5.41, 5.74) is 2.29. The van der Waals surface area contributed by atoms with Gasteiger partial charge in [0.15, 0.2) is 17.5 Å². The van der Waals surface area contributed by atoms with E-state index < -0.39 is 0 Å². The predicted octanol–water partition coefficient (Wildman–Crippen LogP) is 2.41. The number of aromatic nitrogens is 2. The molecule has 0 radical (unpaired) electrons. The fourth-order valence-corrected chi connectivity index (χ4v) is 3.55. The second-order valence-corrected chi connectivity index (χ2v) is 7.12. The number of aliphatic imine (C=N–C) groups is 1. The van der Waals surface area contributed by atoms with Crippen LogP contribution in [0.25, 0.3) is 0 Å². The van der Waals surface area contributed by atoms with Crippen LogP contribution < -0.4 is 14.8 Å². The lowest BCUT2D eigenvalue weighted by Crippen LogP contribution is -2.48. The Labute approximate surface area is 178 Å². The number of benzene rings is 1. The van der Waals surface area contributed by atoms with Crippen molar-refractivity contribution in [2.24, 2.45) is 12.0 Å². The van der Waals surface area contributed by atoms with Gasteiger partial charge in [-0.3, -0.25) is 9.67 Å². The molecule has 1 unspecified atom stereocenters. The maximum Gasteiger partial charge on any atom is 0.193 e. The first-order valence-corrected chi connectivity index (χ1v) is 10.6. The summed E-state index contributed by atoms with van der Waals surface area (Å²) in [6.45, 7) is 8.20. The van der Waals surface area contributed by atoms with Crippen molar-refractivity contribution in [3.63, 3.8) is 0 Å². The number of guanidine groups is 1. The van der Waals surface area contributed by atoms with Gasteiger partial charge in [-0.2, -0.15) is 5.10 Å². The van der Waals surface area contributed by atoms with Gasteiger partial charge < -0.3 is 24.4 Å². The molecule has 2 heterocycles. The molecule has 3 rings (SSSR count). The van der Waals surface area contributed by atoms with Crippen LogP contribution in [0.2, 0.25) is 0 Å². The standard InChI is InChI=1S/C22H33N5O3/c1-5-28-19-8-7-17(13-20(19)29-6-2)9-10-24-22(23-3)27-11-12-30-21(16-27)18-14-25-26(4)15-18/h7-8,13-15,21H,5-6,9-12,16H2,1-4H3,(H,23,24). The zero-order valence-corrected chi connectivity index (χ0v) is 18.4. The molecule has 1 aromatic carbocycles. The fraction of sp³-hybridized carbons (Fsp3) is 0.545. The Morgan fingerprint density at radius 1 is 1.27 bits per heavy atom. The van der Waals surface area contributed by atoms with Crippen molar-refractivity contribution in [2.75, 3.05) is 46.5 Å². The van der Waals surface area contributed by atoms with Crippen LogP contribution in [-0.4, -0.2) is 67.1 Å². The van der Waals surface area contributed by atoms with Crippen LogP contribution in [0.3, 0.4) is 0 Å². The minimum Gasteiger partial charge on any atom is -0.490 e. The monoisotopic (exact) mass is 415 g/mol. The highest BCUT2D eigenvalue weighted by molar-refractivity contribution is 5.80. The lowest BCUT2D eigenvalue weighted by Gasteiger charge is -2.34. The van der Waals surface area contributed by atoms with E-state index in [2.05, 4.69) is 32.4 Å². The molecule has 164 valence electrons. The Balaban J connectivity index is 1.56. The Morgan fingerprint density at radius 2 is 2.07 bits per heavy atom. The van der Waals surface area contributed by atoms with E-state index in [4.69, 9.17) is 14.2 Å². The van der Waals surface area contributed by atoms with Crippen LogP contribution in [0.1, 0.15) is 31.1 Å². The van der Waals surface area contributed by atoms with Crippen LogP contribution in [0.5, 0.6) is 11.5 Å². The number of hydrogen-bond donors (Lipinski definition) is 1. The number of nitrogens with one attached hydrogen (secondary N) is 1. The zero-order valence-electron chi connectivity index (χ0n) is 18.4. The molecular weight excluding hydrogens is 382 g/mol. The van der Waals surface area contributed by atoms with Crippen molar-refractivity contribution >= 4 is 5.96 Å². The number of hydrogen-bond acceptors (Lipinski definition) is 5. The zero-order chi connectivity index (χ0) is 21.3. The molecular formula is C22H33N5O3. The molecule has 1 N–H and O–H groups in total. The number of rotatable bonds is 8. The SMILES string of the molecule is CCOc1ccc(CCNC(=NC)N2CCOC(c3cnn(C)c3)C2)cc1OCC. The van der Waals surface area contributed by atoms with E-state index >= 15 is 0 Å². The topological polar surface area (TPSA) is 73.1 Å². The third-order valence-corrected chi connectivity index (χ3v) is 4.98. The minimum absolute atomic E-state index is 0.00543. The van der Waals surface area contributed by atoms with E-state index in [0.717, 1.165) is 49.1 Å². The molecule has 30 heavy (non-hydrogen) atoms. The van der Waals surface area contributed by atoms with Crippen LogP contribution >= 0.6 is 0 Å². The van der Waals surface area contributed by atoms with Gasteiger partial charge in [0.25, 0.3) is 0 Å².